The van der Waals surface area contributed by atoms with Crippen LogP contribution in [0.15, 0.2) is 102 Å². The first kappa shape index (κ1) is 23.8. The number of nitrogens with two attached hydrogens (primary N) is 2. The molecule has 168 valence electrons. The summed E-state index contributed by atoms with van der Waals surface area (Å²) in [6.45, 7) is 6.41. The maximum Gasteiger partial charge on any atom is 0.164 e. The predicted octanol–water partition coefficient (Wildman–Crippen LogP) is 6.31. The van der Waals surface area contributed by atoms with E-state index in [1.165, 1.54) is 29.3 Å². The zero-order valence-corrected chi connectivity index (χ0v) is 19.8. The number of aryl methyl sites for hydroxylation is 3. The van der Waals surface area contributed by atoms with Crippen molar-refractivity contribution in [2.75, 3.05) is 11.9 Å². The second-order valence-corrected chi connectivity index (χ2v) is 7.83. The van der Waals surface area contributed by atoms with E-state index in [4.69, 9.17) is 5.84 Å². The number of rotatable bonds is 4. The lowest BCUT2D eigenvalue weighted by Crippen LogP contribution is -2.28. The largest absolute Gasteiger partial charge is 0.333 e. The van der Waals surface area contributed by atoms with Crippen molar-refractivity contribution in [2.45, 2.75) is 20.8 Å². The summed E-state index contributed by atoms with van der Waals surface area (Å²) < 4.78 is 0. The van der Waals surface area contributed by atoms with Gasteiger partial charge in [-0.15, -0.1) is 0 Å². The van der Waals surface area contributed by atoms with Crippen LogP contribution < -0.4 is 16.5 Å². The molecule has 4 heteroatoms. The Kier molecular flexibility index (Phi) is 8.01. The lowest BCUT2D eigenvalue weighted by atomic mass is 9.94. The molecule has 0 atom stereocenters. The van der Waals surface area contributed by atoms with Gasteiger partial charge in [0.05, 0.1) is 5.69 Å². The highest BCUT2D eigenvalue weighted by molar-refractivity contribution is 6.15. The van der Waals surface area contributed by atoms with E-state index in [0.29, 0.717) is 5.84 Å². The summed E-state index contributed by atoms with van der Waals surface area (Å²) in [5, 5.41) is 4.25. The third kappa shape index (κ3) is 5.30. The van der Waals surface area contributed by atoms with Crippen molar-refractivity contribution in [2.24, 2.45) is 16.7 Å². The van der Waals surface area contributed by atoms with Gasteiger partial charge in [0.2, 0.25) is 0 Å². The van der Waals surface area contributed by atoms with Gasteiger partial charge in [0.15, 0.2) is 5.84 Å². The Labute approximate surface area is 197 Å². The number of nitrogens with zero attached hydrogens (tertiary/aromatic N) is 2. The summed E-state index contributed by atoms with van der Waals surface area (Å²) in [4.78, 5) is 2.14. The van der Waals surface area contributed by atoms with Crippen LogP contribution in [0, 0.1) is 20.8 Å². The number of hydrogen-bond donors (Lipinski definition) is 2. The fourth-order valence-corrected chi connectivity index (χ4v) is 3.89. The molecule has 4 rings (SSSR count). The molecule has 0 heterocycles. The van der Waals surface area contributed by atoms with Crippen LogP contribution in [0.5, 0.6) is 0 Å². The first-order valence-electron chi connectivity index (χ1n) is 11.0. The van der Waals surface area contributed by atoms with Gasteiger partial charge in [-0.05, 0) is 63.2 Å². The third-order valence-corrected chi connectivity index (χ3v) is 5.46. The first-order valence-corrected chi connectivity index (χ1v) is 11.0. The minimum atomic E-state index is 0.696. The van der Waals surface area contributed by atoms with Crippen LogP contribution in [-0.4, -0.2) is 12.9 Å². The molecule has 0 saturated heterocycles. The van der Waals surface area contributed by atoms with E-state index in [2.05, 4.69) is 85.0 Å². The summed E-state index contributed by atoms with van der Waals surface area (Å²) in [6, 6.07) is 33.5. The van der Waals surface area contributed by atoms with Crippen molar-refractivity contribution in [1.29, 1.82) is 0 Å². The van der Waals surface area contributed by atoms with Crippen LogP contribution >= 0.6 is 0 Å². The monoisotopic (exact) mass is 436 g/mol. The number of hydrazone groups is 1. The standard InChI is InChI=1S/C28H27N3.CH5N/c1-20-14-16-22(3)25(18-20)26-19-21(2)15-17-27(26)31(24-12-8-5-9-13-24)28(30-29)23-10-6-4-7-11-23;1-2/h4-19H,29H2,1-3H3;2H2,1H3/b30-28-;. The van der Waals surface area contributed by atoms with E-state index in [0.717, 1.165) is 22.5 Å². The van der Waals surface area contributed by atoms with Crippen LogP contribution in [0.25, 0.3) is 11.1 Å². The fourth-order valence-electron chi connectivity index (χ4n) is 3.89. The Hall–Kier alpha value is -3.89. The van der Waals surface area contributed by atoms with Gasteiger partial charge >= 0.3 is 0 Å². The van der Waals surface area contributed by atoms with Crippen molar-refractivity contribution >= 4 is 17.2 Å². The SMILES string of the molecule is CN.Cc1ccc(C)c(-c2cc(C)ccc2N(/C(=N\N)c2ccccc2)c2ccccc2)c1. The summed E-state index contributed by atoms with van der Waals surface area (Å²) in [5.74, 6) is 6.70. The number of para-hydroxylation sites is 1. The Morgan fingerprint density at radius 2 is 1.21 bits per heavy atom. The normalized spacial score (nSPS) is 10.9. The van der Waals surface area contributed by atoms with Gasteiger partial charge in [-0.25, -0.2) is 0 Å². The molecule has 0 aromatic heterocycles. The van der Waals surface area contributed by atoms with Crippen LogP contribution in [0.1, 0.15) is 22.3 Å². The molecule has 0 amide bonds. The second-order valence-electron chi connectivity index (χ2n) is 7.83. The lowest BCUT2D eigenvalue weighted by Gasteiger charge is -2.29. The smallest absolute Gasteiger partial charge is 0.164 e. The maximum atomic E-state index is 6.00. The van der Waals surface area contributed by atoms with Gasteiger partial charge in [0, 0.05) is 16.8 Å². The second kappa shape index (κ2) is 11.1. The molecule has 33 heavy (non-hydrogen) atoms. The zero-order valence-electron chi connectivity index (χ0n) is 19.8. The van der Waals surface area contributed by atoms with E-state index in [1.54, 1.807) is 0 Å². The van der Waals surface area contributed by atoms with Crippen molar-refractivity contribution in [3.63, 3.8) is 0 Å². The summed E-state index contributed by atoms with van der Waals surface area (Å²) in [7, 11) is 1.50. The van der Waals surface area contributed by atoms with Crippen molar-refractivity contribution in [3.05, 3.63) is 119 Å². The van der Waals surface area contributed by atoms with Crippen LogP contribution in [0.2, 0.25) is 0 Å². The maximum absolute atomic E-state index is 6.00. The molecular weight excluding hydrogens is 404 g/mol. The van der Waals surface area contributed by atoms with E-state index in [1.807, 2.05) is 48.5 Å². The molecule has 0 fully saturated rings. The molecule has 0 saturated carbocycles. The summed E-state index contributed by atoms with van der Waals surface area (Å²) in [6.07, 6.45) is 0. The average Bonchev–Trinajstić information content (AvgIpc) is 2.86. The molecule has 4 nitrogen and oxygen atoms in total. The van der Waals surface area contributed by atoms with Gasteiger partial charge < -0.3 is 11.6 Å². The highest BCUT2D eigenvalue weighted by atomic mass is 15.3. The minimum absolute atomic E-state index is 0.696. The van der Waals surface area contributed by atoms with Gasteiger partial charge in [-0.2, -0.15) is 5.10 Å². The van der Waals surface area contributed by atoms with Crippen molar-refractivity contribution < 1.29 is 0 Å². The number of hydrogen-bond acceptors (Lipinski definition) is 3. The molecular formula is C29H32N4. The van der Waals surface area contributed by atoms with E-state index in [9.17, 15) is 0 Å². The molecule has 0 bridgehead atoms. The van der Waals surface area contributed by atoms with Crippen LogP contribution in [0.4, 0.5) is 11.4 Å². The molecule has 0 unspecified atom stereocenters. The highest BCUT2D eigenvalue weighted by Gasteiger charge is 2.22. The molecule has 0 spiro atoms. The number of anilines is 2. The van der Waals surface area contributed by atoms with Crippen LogP contribution in [-0.2, 0) is 0 Å². The molecule has 0 radical (unpaired) electrons. The van der Waals surface area contributed by atoms with E-state index in [-0.39, 0.29) is 0 Å². The van der Waals surface area contributed by atoms with Gasteiger partial charge in [-0.1, -0.05) is 83.9 Å². The van der Waals surface area contributed by atoms with E-state index >= 15 is 0 Å². The Morgan fingerprint density at radius 3 is 1.82 bits per heavy atom. The Balaban J connectivity index is 0.00000149. The molecule has 0 aliphatic carbocycles. The van der Waals surface area contributed by atoms with Gasteiger partial charge in [0.1, 0.15) is 0 Å². The van der Waals surface area contributed by atoms with Crippen molar-refractivity contribution in [3.8, 4) is 11.1 Å². The van der Waals surface area contributed by atoms with E-state index < -0.39 is 0 Å². The number of amidine groups is 1. The van der Waals surface area contributed by atoms with Gasteiger partial charge in [0.25, 0.3) is 0 Å². The minimum Gasteiger partial charge on any atom is -0.333 e. The Bertz CT molecular complexity index is 1220. The fraction of sp³-hybridized carbons (Fsp3) is 0.138. The van der Waals surface area contributed by atoms with Crippen LogP contribution in [0.3, 0.4) is 0 Å². The highest BCUT2D eigenvalue weighted by Crippen LogP contribution is 2.38. The molecule has 0 aliphatic rings. The zero-order chi connectivity index (χ0) is 23.8. The molecule has 4 aromatic rings. The first-order chi connectivity index (χ1) is 16.1. The topological polar surface area (TPSA) is 67.6 Å². The Morgan fingerprint density at radius 1 is 0.667 bits per heavy atom. The summed E-state index contributed by atoms with van der Waals surface area (Å²) >= 11 is 0. The number of benzene rings is 4. The van der Waals surface area contributed by atoms with Crippen molar-refractivity contribution in [1.82, 2.24) is 0 Å². The molecule has 4 N–H and O–H groups in total. The molecule has 0 aliphatic heterocycles. The quantitative estimate of drug-likeness (QED) is 0.170. The van der Waals surface area contributed by atoms with Gasteiger partial charge in [-0.3, -0.25) is 4.90 Å². The summed E-state index contributed by atoms with van der Waals surface area (Å²) in [5.41, 5.74) is 13.5. The molecule has 4 aromatic carbocycles. The predicted molar refractivity (Wildman–Crippen MR) is 142 cm³/mol. The lowest BCUT2D eigenvalue weighted by molar-refractivity contribution is 1.19. The third-order valence-electron chi connectivity index (χ3n) is 5.46. The average molecular weight is 437 g/mol.